The third kappa shape index (κ3) is 3.56. The monoisotopic (exact) mass is 416 g/mol. The Morgan fingerprint density at radius 2 is 1.31 bits per heavy atom. The Morgan fingerprint density at radius 3 is 1.79 bits per heavy atom. The Hall–Kier alpha value is -1.95. The first-order valence-electron chi connectivity index (χ1n) is 10.9. The maximum atomic E-state index is 6.90. The van der Waals surface area contributed by atoms with Gasteiger partial charge in [0.1, 0.15) is 0 Å². The maximum Gasteiger partial charge on any atom is 0.258 e. The average molecular weight is 417 g/mol. The van der Waals surface area contributed by atoms with Crippen LogP contribution >= 0.6 is 0 Å². The van der Waals surface area contributed by atoms with E-state index in [4.69, 9.17) is 4.43 Å². The molecule has 1 heterocycles. The van der Waals surface area contributed by atoms with Crippen LogP contribution in [0.4, 0.5) is 0 Å². The standard InChI is InChI=1S/C26H32OSi2/c1-4-25(28(2,3)22-14-8-5-9-15-22)26-20-21-27-29(26,23-16-10-6-11-17-23)24-18-12-7-13-19-24/h5-19,25-26H,4,20-21H2,1-3H3/t25-,26-/m1/s1. The molecule has 0 radical (unpaired) electrons. The molecule has 1 saturated heterocycles. The lowest BCUT2D eigenvalue weighted by Gasteiger charge is -2.43. The number of rotatable bonds is 6. The summed E-state index contributed by atoms with van der Waals surface area (Å²) in [5.74, 6) is 0. The fraction of sp³-hybridized carbons (Fsp3) is 0.308. The first-order chi connectivity index (χ1) is 14.1. The molecule has 1 aliphatic rings. The molecule has 1 fully saturated rings. The van der Waals surface area contributed by atoms with Crippen molar-refractivity contribution in [2.75, 3.05) is 6.61 Å². The zero-order valence-electron chi connectivity index (χ0n) is 17.8. The largest absolute Gasteiger partial charge is 0.408 e. The Labute approximate surface area is 177 Å². The quantitative estimate of drug-likeness (QED) is 0.518. The van der Waals surface area contributed by atoms with E-state index in [-0.39, 0.29) is 0 Å². The van der Waals surface area contributed by atoms with Crippen molar-refractivity contribution in [3.8, 4) is 0 Å². The van der Waals surface area contributed by atoms with Gasteiger partial charge in [-0.05, 0) is 27.9 Å². The van der Waals surface area contributed by atoms with Crippen molar-refractivity contribution in [2.45, 2.75) is 43.9 Å². The van der Waals surface area contributed by atoms with Gasteiger partial charge in [-0.25, -0.2) is 0 Å². The summed E-state index contributed by atoms with van der Waals surface area (Å²) in [6, 6.07) is 33.6. The Balaban J connectivity index is 1.86. The molecule has 4 rings (SSSR count). The van der Waals surface area contributed by atoms with Crippen LogP contribution in [0.25, 0.3) is 0 Å². The van der Waals surface area contributed by atoms with E-state index in [2.05, 4.69) is 111 Å². The minimum Gasteiger partial charge on any atom is -0.408 e. The van der Waals surface area contributed by atoms with Crippen molar-refractivity contribution in [1.29, 1.82) is 0 Å². The summed E-state index contributed by atoms with van der Waals surface area (Å²) in [6.45, 7) is 8.43. The fourth-order valence-electron chi connectivity index (χ4n) is 5.65. The van der Waals surface area contributed by atoms with Crippen LogP contribution < -0.4 is 15.6 Å². The van der Waals surface area contributed by atoms with Crippen LogP contribution in [0.15, 0.2) is 91.0 Å². The second-order valence-electron chi connectivity index (χ2n) is 8.81. The van der Waals surface area contributed by atoms with Gasteiger partial charge < -0.3 is 4.43 Å². The minimum absolute atomic E-state index is 0.610. The van der Waals surface area contributed by atoms with Gasteiger partial charge in [-0.3, -0.25) is 0 Å². The second kappa shape index (κ2) is 8.43. The molecule has 1 aliphatic heterocycles. The van der Waals surface area contributed by atoms with Gasteiger partial charge in [-0.1, -0.05) is 123 Å². The van der Waals surface area contributed by atoms with E-state index < -0.39 is 16.4 Å². The van der Waals surface area contributed by atoms with Crippen LogP contribution in [-0.4, -0.2) is 23.0 Å². The minimum atomic E-state index is -2.31. The summed E-state index contributed by atoms with van der Waals surface area (Å²) in [6.07, 6.45) is 2.40. The summed E-state index contributed by atoms with van der Waals surface area (Å²) in [5, 5.41) is 4.44. The van der Waals surface area contributed by atoms with Crippen LogP contribution in [0.5, 0.6) is 0 Å². The highest BCUT2D eigenvalue weighted by atomic mass is 28.4. The lowest BCUT2D eigenvalue weighted by molar-refractivity contribution is 0.357. The van der Waals surface area contributed by atoms with Crippen molar-refractivity contribution < 1.29 is 4.43 Å². The average Bonchev–Trinajstić information content (AvgIpc) is 3.21. The predicted molar refractivity (Wildman–Crippen MR) is 130 cm³/mol. The Morgan fingerprint density at radius 1 is 0.828 bits per heavy atom. The molecule has 0 saturated carbocycles. The lowest BCUT2D eigenvalue weighted by atomic mass is 10.2. The van der Waals surface area contributed by atoms with Crippen molar-refractivity contribution in [3.63, 3.8) is 0 Å². The summed E-state index contributed by atoms with van der Waals surface area (Å²) in [5.41, 5.74) is 1.30. The molecule has 1 nitrogen and oxygen atoms in total. The number of hydrogen-bond acceptors (Lipinski definition) is 1. The molecule has 0 aliphatic carbocycles. The predicted octanol–water partition coefficient (Wildman–Crippen LogP) is 4.93. The highest BCUT2D eigenvalue weighted by Crippen LogP contribution is 2.48. The van der Waals surface area contributed by atoms with Crippen molar-refractivity contribution in [2.24, 2.45) is 0 Å². The molecule has 0 bridgehead atoms. The van der Waals surface area contributed by atoms with E-state index >= 15 is 0 Å². The van der Waals surface area contributed by atoms with Gasteiger partial charge in [0.25, 0.3) is 8.32 Å². The molecule has 3 heteroatoms. The molecule has 29 heavy (non-hydrogen) atoms. The van der Waals surface area contributed by atoms with Gasteiger partial charge in [0, 0.05) is 6.61 Å². The molecule has 150 valence electrons. The highest BCUT2D eigenvalue weighted by molar-refractivity contribution is 7.01. The van der Waals surface area contributed by atoms with E-state index in [1.807, 2.05) is 0 Å². The Kier molecular flexibility index (Phi) is 5.91. The Bertz CT molecular complexity index is 870. The van der Waals surface area contributed by atoms with E-state index in [1.165, 1.54) is 23.2 Å². The lowest BCUT2D eigenvalue weighted by Crippen LogP contribution is -2.64. The molecule has 3 aromatic carbocycles. The first-order valence-corrected chi connectivity index (χ1v) is 16.0. The third-order valence-electron chi connectivity index (χ3n) is 7.06. The maximum absolute atomic E-state index is 6.90. The molecule has 0 spiro atoms. The zero-order chi connectivity index (χ0) is 20.3. The van der Waals surface area contributed by atoms with Gasteiger partial charge in [0.05, 0.1) is 8.07 Å². The topological polar surface area (TPSA) is 9.23 Å². The highest BCUT2D eigenvalue weighted by Gasteiger charge is 2.56. The van der Waals surface area contributed by atoms with Gasteiger partial charge in [-0.2, -0.15) is 0 Å². The van der Waals surface area contributed by atoms with Gasteiger partial charge >= 0.3 is 0 Å². The molecule has 0 unspecified atom stereocenters. The molecular formula is C26H32OSi2. The summed E-state index contributed by atoms with van der Waals surface area (Å²) in [7, 11) is -3.98. The normalized spacial score (nSPS) is 19.8. The molecule has 0 aromatic heterocycles. The van der Waals surface area contributed by atoms with Crippen LogP contribution in [0.3, 0.4) is 0 Å². The van der Waals surface area contributed by atoms with Crippen LogP contribution in [0.2, 0.25) is 24.2 Å². The van der Waals surface area contributed by atoms with E-state index in [1.54, 1.807) is 5.19 Å². The van der Waals surface area contributed by atoms with Crippen LogP contribution in [0.1, 0.15) is 19.8 Å². The first kappa shape index (κ1) is 20.3. The van der Waals surface area contributed by atoms with Gasteiger partial charge in [0.2, 0.25) is 0 Å². The molecule has 3 aromatic rings. The molecular weight excluding hydrogens is 384 g/mol. The summed E-state index contributed by atoms with van der Waals surface area (Å²) < 4.78 is 6.90. The number of hydrogen-bond donors (Lipinski definition) is 0. The van der Waals surface area contributed by atoms with E-state index in [0.29, 0.717) is 11.1 Å². The summed E-state index contributed by atoms with van der Waals surface area (Å²) in [4.78, 5) is 0. The molecule has 0 N–H and O–H groups in total. The van der Waals surface area contributed by atoms with Gasteiger partial charge in [-0.15, -0.1) is 0 Å². The van der Waals surface area contributed by atoms with Crippen molar-refractivity contribution in [1.82, 2.24) is 0 Å². The zero-order valence-corrected chi connectivity index (χ0v) is 19.8. The fourth-order valence-corrected chi connectivity index (χ4v) is 16.2. The van der Waals surface area contributed by atoms with Crippen LogP contribution in [0, 0.1) is 0 Å². The smallest absolute Gasteiger partial charge is 0.258 e. The second-order valence-corrected chi connectivity index (χ2v) is 17.2. The van der Waals surface area contributed by atoms with E-state index in [0.717, 1.165) is 6.61 Å². The summed E-state index contributed by atoms with van der Waals surface area (Å²) >= 11 is 0. The third-order valence-corrected chi connectivity index (χ3v) is 16.7. The van der Waals surface area contributed by atoms with Gasteiger partial charge in [0.15, 0.2) is 0 Å². The SMILES string of the molecule is CC[C@H]([C@H]1CCO[Si]1(c1ccccc1)c1ccccc1)[Si](C)(C)c1ccccc1. The van der Waals surface area contributed by atoms with E-state index in [9.17, 15) is 0 Å². The molecule has 0 amide bonds. The van der Waals surface area contributed by atoms with Crippen molar-refractivity contribution >= 4 is 32.0 Å². The molecule has 2 atom stereocenters. The van der Waals surface area contributed by atoms with Crippen LogP contribution in [-0.2, 0) is 4.43 Å². The number of benzene rings is 3. The van der Waals surface area contributed by atoms with Crippen molar-refractivity contribution in [3.05, 3.63) is 91.0 Å².